The van der Waals surface area contributed by atoms with E-state index < -0.39 is 24.2 Å². The summed E-state index contributed by atoms with van der Waals surface area (Å²) in [5.74, 6) is -0.156. The average molecular weight is 302 g/mol. The highest BCUT2D eigenvalue weighted by Crippen LogP contribution is 2.40. The Morgan fingerprint density at radius 2 is 1.59 bits per heavy atom. The summed E-state index contributed by atoms with van der Waals surface area (Å²) in [6, 6.07) is 15.3. The zero-order valence-electron chi connectivity index (χ0n) is 11.4. The largest absolute Gasteiger partial charge is 0.477 e. The number of ether oxygens (including phenoxy) is 2. The minimum absolute atomic E-state index is 0.321. The van der Waals surface area contributed by atoms with E-state index in [0.717, 1.165) is 0 Å². The van der Waals surface area contributed by atoms with Crippen LogP contribution in [0.1, 0.15) is 23.3 Å². The number of ketones is 1. The highest BCUT2D eigenvalue weighted by atomic mass is 16.9. The number of benzene rings is 2. The zero-order valence-corrected chi connectivity index (χ0v) is 11.4. The van der Waals surface area contributed by atoms with E-state index in [2.05, 4.69) is 0 Å². The van der Waals surface area contributed by atoms with Gasteiger partial charge in [-0.1, -0.05) is 48.5 Å². The molecule has 0 saturated heterocycles. The molecule has 6 nitrogen and oxygen atoms in total. The van der Waals surface area contributed by atoms with Crippen LogP contribution in [0, 0.1) is 0 Å². The van der Waals surface area contributed by atoms with E-state index in [0.29, 0.717) is 16.9 Å². The molecule has 114 valence electrons. The van der Waals surface area contributed by atoms with E-state index in [1.54, 1.807) is 54.6 Å². The van der Waals surface area contributed by atoms with Gasteiger partial charge < -0.3 is 20.1 Å². The molecule has 2 aromatic carbocycles. The molecule has 0 amide bonds. The topological polar surface area (TPSA) is 96.2 Å². The van der Waals surface area contributed by atoms with Crippen LogP contribution < -0.4 is 4.74 Å². The van der Waals surface area contributed by atoms with Crippen molar-refractivity contribution >= 4 is 5.78 Å². The fraction of sp³-hybridized carbons (Fsp3) is 0.188. The molecule has 1 heterocycles. The summed E-state index contributed by atoms with van der Waals surface area (Å²) < 4.78 is 10.4. The van der Waals surface area contributed by atoms with Gasteiger partial charge in [-0.05, 0) is 11.6 Å². The summed E-state index contributed by atoms with van der Waals surface area (Å²) in [6.07, 6.45) is -5.72. The summed E-state index contributed by atoms with van der Waals surface area (Å²) in [7, 11) is 0. The highest BCUT2D eigenvalue weighted by Gasteiger charge is 2.42. The van der Waals surface area contributed by atoms with Gasteiger partial charge in [-0.15, -0.1) is 0 Å². The van der Waals surface area contributed by atoms with Crippen LogP contribution in [0.15, 0.2) is 54.6 Å². The highest BCUT2D eigenvalue weighted by molar-refractivity contribution is 5.91. The normalized spacial score (nSPS) is 21.1. The van der Waals surface area contributed by atoms with Crippen molar-refractivity contribution in [2.24, 2.45) is 0 Å². The molecular weight excluding hydrogens is 288 g/mol. The van der Waals surface area contributed by atoms with Crippen molar-refractivity contribution in [3.63, 3.8) is 0 Å². The first-order valence-corrected chi connectivity index (χ1v) is 6.65. The summed E-state index contributed by atoms with van der Waals surface area (Å²) in [5, 5.41) is 27.2. The Bertz CT molecular complexity index is 677. The number of rotatable bonds is 3. The third kappa shape index (κ3) is 2.86. The van der Waals surface area contributed by atoms with Crippen LogP contribution in [0.3, 0.4) is 0 Å². The second kappa shape index (κ2) is 5.51. The molecule has 0 bridgehead atoms. The number of hydrogen-bond acceptors (Lipinski definition) is 6. The molecule has 1 aliphatic rings. The Balaban J connectivity index is 2.03. The van der Waals surface area contributed by atoms with Gasteiger partial charge in [0.2, 0.25) is 5.78 Å². The average Bonchev–Trinajstić information content (AvgIpc) is 2.50. The quantitative estimate of drug-likeness (QED) is 0.733. The van der Waals surface area contributed by atoms with Gasteiger partial charge in [-0.2, -0.15) is 0 Å². The van der Waals surface area contributed by atoms with Crippen LogP contribution in [0.4, 0.5) is 0 Å². The molecule has 3 rings (SSSR count). The molecule has 1 aliphatic heterocycles. The zero-order chi connectivity index (χ0) is 15.7. The van der Waals surface area contributed by atoms with Crippen LogP contribution >= 0.6 is 0 Å². The van der Waals surface area contributed by atoms with Crippen molar-refractivity contribution in [3.05, 3.63) is 65.7 Å². The number of aliphatic hydroxyl groups is 3. The molecule has 6 heteroatoms. The SMILES string of the molecule is O=C1C(c2ccccc2)Oc2ccccc2C1OC(O)(O)O. The maximum Gasteiger partial charge on any atom is 0.405 e. The van der Waals surface area contributed by atoms with Crippen molar-refractivity contribution in [2.75, 3.05) is 0 Å². The molecule has 0 fully saturated rings. The van der Waals surface area contributed by atoms with Crippen molar-refractivity contribution in [2.45, 2.75) is 18.4 Å². The summed E-state index contributed by atoms with van der Waals surface area (Å²) >= 11 is 0. The Morgan fingerprint density at radius 1 is 0.955 bits per heavy atom. The van der Waals surface area contributed by atoms with Gasteiger partial charge in [0, 0.05) is 5.56 Å². The molecule has 0 spiro atoms. The van der Waals surface area contributed by atoms with E-state index in [1.165, 1.54) is 0 Å². The second-order valence-electron chi connectivity index (χ2n) is 4.92. The van der Waals surface area contributed by atoms with Gasteiger partial charge in [0.05, 0.1) is 0 Å². The number of carbonyl (C=O) groups excluding carboxylic acids is 1. The van der Waals surface area contributed by atoms with Gasteiger partial charge in [-0.3, -0.25) is 9.53 Å². The van der Waals surface area contributed by atoms with E-state index in [-0.39, 0.29) is 0 Å². The van der Waals surface area contributed by atoms with E-state index in [1.807, 2.05) is 0 Å². The molecule has 2 aromatic rings. The Kier molecular flexibility index (Phi) is 3.67. The lowest BCUT2D eigenvalue weighted by Gasteiger charge is -2.32. The first kappa shape index (κ1) is 14.7. The van der Waals surface area contributed by atoms with Crippen LogP contribution in [0.2, 0.25) is 0 Å². The second-order valence-corrected chi connectivity index (χ2v) is 4.92. The van der Waals surface area contributed by atoms with Gasteiger partial charge in [-0.25, -0.2) is 0 Å². The Morgan fingerprint density at radius 3 is 2.27 bits per heavy atom. The molecule has 22 heavy (non-hydrogen) atoms. The summed E-state index contributed by atoms with van der Waals surface area (Å²) in [5.41, 5.74) is 0.927. The minimum Gasteiger partial charge on any atom is -0.477 e. The van der Waals surface area contributed by atoms with Crippen LogP contribution in [0.25, 0.3) is 0 Å². The maximum atomic E-state index is 12.6. The van der Waals surface area contributed by atoms with Crippen molar-refractivity contribution in [1.82, 2.24) is 0 Å². The first-order valence-electron chi connectivity index (χ1n) is 6.65. The predicted octanol–water partition coefficient (Wildman–Crippen LogP) is 1.04. The predicted molar refractivity (Wildman–Crippen MR) is 74.5 cm³/mol. The van der Waals surface area contributed by atoms with E-state index in [4.69, 9.17) is 24.8 Å². The summed E-state index contributed by atoms with van der Waals surface area (Å²) in [6.45, 7) is 0. The minimum atomic E-state index is -3.41. The molecule has 2 atom stereocenters. The molecule has 3 N–H and O–H groups in total. The maximum absolute atomic E-state index is 12.6. The molecule has 0 radical (unpaired) electrons. The Hall–Kier alpha value is -2.25. The molecular formula is C16H14O6. The van der Waals surface area contributed by atoms with Gasteiger partial charge >= 0.3 is 6.16 Å². The van der Waals surface area contributed by atoms with Crippen molar-refractivity contribution in [3.8, 4) is 5.75 Å². The number of para-hydroxylation sites is 1. The van der Waals surface area contributed by atoms with Crippen LogP contribution in [-0.2, 0) is 9.53 Å². The summed E-state index contributed by atoms with van der Waals surface area (Å²) in [4.78, 5) is 12.6. The lowest BCUT2D eigenvalue weighted by atomic mass is 9.93. The smallest absolute Gasteiger partial charge is 0.405 e. The monoisotopic (exact) mass is 302 g/mol. The fourth-order valence-electron chi connectivity index (χ4n) is 2.42. The van der Waals surface area contributed by atoms with Crippen molar-refractivity contribution in [1.29, 1.82) is 0 Å². The molecule has 0 aliphatic carbocycles. The van der Waals surface area contributed by atoms with Gasteiger partial charge in [0.25, 0.3) is 0 Å². The third-order valence-corrected chi connectivity index (χ3v) is 3.34. The van der Waals surface area contributed by atoms with E-state index >= 15 is 0 Å². The standard InChI is InChI=1S/C16H14O6/c17-13-14(10-6-2-1-3-7-10)21-12-9-5-4-8-11(12)15(13)22-16(18,19)20/h1-9,14-15,18-20H. The number of hydrogen-bond donors (Lipinski definition) is 3. The first-order chi connectivity index (χ1) is 10.5. The van der Waals surface area contributed by atoms with Crippen molar-refractivity contribution < 1.29 is 29.6 Å². The number of carbonyl (C=O) groups is 1. The fourth-order valence-corrected chi connectivity index (χ4v) is 2.42. The van der Waals surface area contributed by atoms with Crippen LogP contribution in [-0.4, -0.2) is 27.3 Å². The molecule has 2 unspecified atom stereocenters. The van der Waals surface area contributed by atoms with Gasteiger partial charge in [0.1, 0.15) is 5.75 Å². The lowest BCUT2D eigenvalue weighted by molar-refractivity contribution is -0.463. The third-order valence-electron chi connectivity index (χ3n) is 3.34. The Labute approximate surface area is 126 Å². The van der Waals surface area contributed by atoms with E-state index in [9.17, 15) is 4.79 Å². The van der Waals surface area contributed by atoms with Gasteiger partial charge in [0.15, 0.2) is 12.2 Å². The van der Waals surface area contributed by atoms with Crippen LogP contribution in [0.5, 0.6) is 5.75 Å². The molecule has 0 saturated carbocycles. The number of fused-ring (bicyclic) bond motifs is 1. The molecule has 0 aromatic heterocycles. The lowest BCUT2D eigenvalue weighted by Crippen LogP contribution is -2.39. The number of Topliss-reactive ketones (excluding diaryl/α,β-unsaturated/α-hetero) is 1.